The van der Waals surface area contributed by atoms with Crippen LogP contribution in [0.5, 0.6) is 5.75 Å². The van der Waals surface area contributed by atoms with Crippen molar-refractivity contribution in [1.29, 1.82) is 0 Å². The van der Waals surface area contributed by atoms with Gasteiger partial charge >= 0.3 is 0 Å². The zero-order valence-electron chi connectivity index (χ0n) is 13.2. The largest absolute Gasteiger partial charge is 0.490 e. The molecule has 0 spiro atoms. The number of fused-ring (bicyclic) bond motifs is 2. The van der Waals surface area contributed by atoms with Gasteiger partial charge < -0.3 is 19.7 Å². The van der Waals surface area contributed by atoms with Gasteiger partial charge in [0, 0.05) is 26.7 Å². The lowest BCUT2D eigenvalue weighted by molar-refractivity contribution is -0.138. The molecule has 0 bridgehead atoms. The number of carbonyl (C=O) groups excluding carboxylic acids is 2. The molecule has 1 saturated heterocycles. The fraction of sp³-hybridized carbons (Fsp3) is 0.500. The molecule has 7 heteroatoms. The van der Waals surface area contributed by atoms with Gasteiger partial charge in [-0.3, -0.25) is 14.5 Å². The third-order valence-corrected chi connectivity index (χ3v) is 4.16. The van der Waals surface area contributed by atoms with Gasteiger partial charge in [0.1, 0.15) is 19.0 Å². The molecule has 1 atom stereocenters. The van der Waals surface area contributed by atoms with Crippen molar-refractivity contribution in [1.82, 2.24) is 9.80 Å². The first-order chi connectivity index (χ1) is 11.2. The molecule has 0 aromatic heterocycles. The summed E-state index contributed by atoms with van der Waals surface area (Å²) in [7, 11) is 1.51. The van der Waals surface area contributed by atoms with Gasteiger partial charge in [0.15, 0.2) is 0 Å². The maximum absolute atomic E-state index is 12.2. The monoisotopic (exact) mass is 319 g/mol. The smallest absolute Gasteiger partial charge is 0.248 e. The zero-order valence-corrected chi connectivity index (χ0v) is 13.2. The van der Waals surface area contributed by atoms with Crippen molar-refractivity contribution in [3.63, 3.8) is 0 Å². The number of para-hydroxylation sites is 2. The molecule has 3 rings (SSSR count). The van der Waals surface area contributed by atoms with E-state index in [1.165, 1.54) is 7.11 Å². The Morgan fingerprint density at radius 1 is 1.39 bits per heavy atom. The quantitative estimate of drug-likeness (QED) is 0.842. The van der Waals surface area contributed by atoms with Crippen molar-refractivity contribution < 1.29 is 19.1 Å². The summed E-state index contributed by atoms with van der Waals surface area (Å²) in [4.78, 5) is 28.1. The fourth-order valence-electron chi connectivity index (χ4n) is 2.96. The third kappa shape index (κ3) is 3.62. The molecule has 0 saturated carbocycles. The third-order valence-electron chi connectivity index (χ3n) is 4.16. The van der Waals surface area contributed by atoms with Crippen LogP contribution in [0.15, 0.2) is 24.3 Å². The van der Waals surface area contributed by atoms with Crippen molar-refractivity contribution in [2.24, 2.45) is 0 Å². The van der Waals surface area contributed by atoms with Gasteiger partial charge in [0.25, 0.3) is 0 Å². The first kappa shape index (κ1) is 15.8. The number of benzene rings is 1. The Morgan fingerprint density at radius 2 is 2.22 bits per heavy atom. The molecule has 7 nitrogen and oxygen atoms in total. The summed E-state index contributed by atoms with van der Waals surface area (Å²) in [6, 6.07) is 7.38. The molecule has 1 aromatic rings. The van der Waals surface area contributed by atoms with E-state index >= 15 is 0 Å². The highest BCUT2D eigenvalue weighted by molar-refractivity contribution is 5.93. The minimum Gasteiger partial charge on any atom is -0.490 e. The highest BCUT2D eigenvalue weighted by Crippen LogP contribution is 2.26. The number of piperazine rings is 1. The van der Waals surface area contributed by atoms with Crippen LogP contribution in [0.2, 0.25) is 0 Å². The summed E-state index contributed by atoms with van der Waals surface area (Å²) in [5, 5.41) is 2.88. The Balaban J connectivity index is 1.75. The topological polar surface area (TPSA) is 71.1 Å². The summed E-state index contributed by atoms with van der Waals surface area (Å²) in [6.07, 6.45) is 0. The van der Waals surface area contributed by atoms with Gasteiger partial charge in [-0.2, -0.15) is 0 Å². The summed E-state index contributed by atoms with van der Waals surface area (Å²) in [5.74, 6) is 0.560. The second-order valence-corrected chi connectivity index (χ2v) is 5.75. The van der Waals surface area contributed by atoms with E-state index in [-0.39, 0.29) is 24.5 Å². The van der Waals surface area contributed by atoms with Crippen LogP contribution in [-0.2, 0) is 14.3 Å². The molecule has 1 N–H and O–H groups in total. The zero-order chi connectivity index (χ0) is 16.2. The van der Waals surface area contributed by atoms with E-state index in [4.69, 9.17) is 9.47 Å². The van der Waals surface area contributed by atoms with Crippen molar-refractivity contribution in [2.75, 3.05) is 51.8 Å². The predicted molar refractivity (Wildman–Crippen MR) is 84.4 cm³/mol. The molecule has 2 aliphatic heterocycles. The first-order valence-electron chi connectivity index (χ1n) is 7.70. The Bertz CT molecular complexity index is 592. The average molecular weight is 319 g/mol. The lowest BCUT2D eigenvalue weighted by Crippen LogP contribution is -2.58. The highest BCUT2D eigenvalue weighted by atomic mass is 16.5. The SMILES string of the molecule is COCC(=O)N1CCN2CC(=O)Nc3ccccc3OC[C@H]2C1. The van der Waals surface area contributed by atoms with Gasteiger partial charge in [-0.15, -0.1) is 0 Å². The molecule has 0 aliphatic carbocycles. The van der Waals surface area contributed by atoms with Crippen LogP contribution in [0.1, 0.15) is 0 Å². The number of amides is 2. The average Bonchev–Trinajstić information content (AvgIpc) is 2.61. The molecule has 1 aromatic carbocycles. The number of carbonyl (C=O) groups is 2. The van der Waals surface area contributed by atoms with Crippen molar-refractivity contribution in [3.05, 3.63) is 24.3 Å². The Hall–Kier alpha value is -2.12. The Morgan fingerprint density at radius 3 is 3.04 bits per heavy atom. The van der Waals surface area contributed by atoms with Crippen molar-refractivity contribution in [2.45, 2.75) is 6.04 Å². The van der Waals surface area contributed by atoms with Crippen LogP contribution in [0.3, 0.4) is 0 Å². The van der Waals surface area contributed by atoms with Gasteiger partial charge in [0.05, 0.1) is 18.3 Å². The number of ether oxygens (including phenoxy) is 2. The van der Waals surface area contributed by atoms with E-state index in [9.17, 15) is 9.59 Å². The van der Waals surface area contributed by atoms with Crippen LogP contribution in [0.25, 0.3) is 0 Å². The molecular formula is C16H21N3O4. The standard InChI is InChI=1S/C16H21N3O4/c1-22-11-16(21)19-7-6-18-9-15(20)17-13-4-2-3-5-14(13)23-10-12(18)8-19/h2-5,12H,6-11H2,1H3,(H,17,20)/t12-/m1/s1. The Kier molecular flexibility index (Phi) is 4.78. The van der Waals surface area contributed by atoms with Crippen LogP contribution in [0, 0.1) is 0 Å². The van der Waals surface area contributed by atoms with Crippen LogP contribution in [-0.4, -0.2) is 74.2 Å². The molecule has 2 amide bonds. The van der Waals surface area contributed by atoms with Crippen LogP contribution >= 0.6 is 0 Å². The van der Waals surface area contributed by atoms with Crippen molar-refractivity contribution >= 4 is 17.5 Å². The molecule has 23 heavy (non-hydrogen) atoms. The van der Waals surface area contributed by atoms with Gasteiger partial charge in [-0.1, -0.05) is 12.1 Å². The van der Waals surface area contributed by atoms with E-state index in [0.717, 1.165) is 0 Å². The predicted octanol–water partition coefficient (Wildman–Crippen LogP) is 0.177. The number of nitrogens with zero attached hydrogens (tertiary/aromatic N) is 2. The maximum Gasteiger partial charge on any atom is 0.248 e. The first-order valence-corrected chi connectivity index (χ1v) is 7.70. The lowest BCUT2D eigenvalue weighted by Gasteiger charge is -2.40. The fourth-order valence-corrected chi connectivity index (χ4v) is 2.96. The summed E-state index contributed by atoms with van der Waals surface area (Å²) < 4.78 is 10.8. The van der Waals surface area contributed by atoms with E-state index in [0.29, 0.717) is 44.2 Å². The molecule has 2 heterocycles. The van der Waals surface area contributed by atoms with Crippen molar-refractivity contribution in [3.8, 4) is 5.75 Å². The Labute approximate surface area is 135 Å². The number of nitrogens with one attached hydrogen (secondary N) is 1. The number of rotatable bonds is 2. The molecule has 124 valence electrons. The minimum atomic E-state index is -0.0652. The van der Waals surface area contributed by atoms with Gasteiger partial charge in [-0.05, 0) is 12.1 Å². The number of anilines is 1. The summed E-state index contributed by atoms with van der Waals surface area (Å²) in [6.45, 7) is 2.60. The summed E-state index contributed by atoms with van der Waals surface area (Å²) in [5.41, 5.74) is 0.685. The number of hydrogen-bond donors (Lipinski definition) is 1. The maximum atomic E-state index is 12.2. The van der Waals surface area contributed by atoms with Crippen LogP contribution < -0.4 is 10.1 Å². The lowest BCUT2D eigenvalue weighted by atomic mass is 10.1. The van der Waals surface area contributed by atoms with E-state index in [2.05, 4.69) is 10.2 Å². The van der Waals surface area contributed by atoms with Gasteiger partial charge in [0.2, 0.25) is 11.8 Å². The minimum absolute atomic E-state index is 0.0125. The highest BCUT2D eigenvalue weighted by Gasteiger charge is 2.32. The normalized spacial score (nSPS) is 21.9. The molecule has 1 fully saturated rings. The summed E-state index contributed by atoms with van der Waals surface area (Å²) >= 11 is 0. The molecular weight excluding hydrogens is 298 g/mol. The molecule has 2 aliphatic rings. The van der Waals surface area contributed by atoms with E-state index in [1.54, 1.807) is 4.90 Å². The van der Waals surface area contributed by atoms with Gasteiger partial charge in [-0.25, -0.2) is 0 Å². The number of methoxy groups -OCH3 is 1. The second kappa shape index (κ2) is 6.97. The van der Waals surface area contributed by atoms with Crippen LogP contribution in [0.4, 0.5) is 5.69 Å². The number of hydrogen-bond acceptors (Lipinski definition) is 5. The van der Waals surface area contributed by atoms with E-state index < -0.39 is 0 Å². The molecule has 0 radical (unpaired) electrons. The second-order valence-electron chi connectivity index (χ2n) is 5.75. The van der Waals surface area contributed by atoms with E-state index in [1.807, 2.05) is 24.3 Å². The molecule has 0 unspecified atom stereocenters.